The summed E-state index contributed by atoms with van der Waals surface area (Å²) >= 11 is 12.0. The van der Waals surface area contributed by atoms with E-state index in [4.69, 9.17) is 32.4 Å². The Morgan fingerprint density at radius 2 is 1.83 bits per heavy atom. The van der Waals surface area contributed by atoms with Gasteiger partial charge in [0, 0.05) is 27.4 Å². The molecule has 146 valence electrons. The third kappa shape index (κ3) is 5.41. The molecule has 0 atom stereocenters. The maximum Gasteiger partial charge on any atom is 0.266 e. The number of furan rings is 1. The molecule has 0 fully saturated rings. The van der Waals surface area contributed by atoms with Crippen LogP contribution in [-0.4, -0.2) is 12.5 Å². The van der Waals surface area contributed by atoms with Crippen LogP contribution >= 0.6 is 23.2 Å². The molecular formula is C22H16Cl2N2O3. The van der Waals surface area contributed by atoms with Gasteiger partial charge >= 0.3 is 0 Å². The van der Waals surface area contributed by atoms with E-state index in [0.29, 0.717) is 45.2 Å². The van der Waals surface area contributed by atoms with Crippen molar-refractivity contribution >= 4 is 40.9 Å². The summed E-state index contributed by atoms with van der Waals surface area (Å²) in [6, 6.07) is 17.2. The number of hydrogen-bond acceptors (Lipinski definition) is 4. The molecular weight excluding hydrogens is 411 g/mol. The molecule has 0 bridgehead atoms. The average Bonchev–Trinajstić information content (AvgIpc) is 3.16. The van der Waals surface area contributed by atoms with E-state index < -0.39 is 5.91 Å². The molecule has 1 N–H and O–H groups in total. The normalized spacial score (nSPS) is 11.0. The van der Waals surface area contributed by atoms with Crippen LogP contribution in [0, 0.1) is 11.3 Å². The van der Waals surface area contributed by atoms with Gasteiger partial charge in [-0.3, -0.25) is 4.79 Å². The standard InChI is InChI=1S/C22H16Cl2N2O3/c1-2-28-19-5-3-18(4-6-19)26-22(27)15(13-25)11-20-7-8-21(29-20)14-9-16(23)12-17(24)10-14/h3-12H,2H2,1H3,(H,26,27). The van der Waals surface area contributed by atoms with Crippen molar-refractivity contribution in [3.05, 3.63) is 76.0 Å². The first-order valence-corrected chi connectivity index (χ1v) is 9.46. The molecule has 1 amide bonds. The summed E-state index contributed by atoms with van der Waals surface area (Å²) in [6.45, 7) is 2.44. The lowest BCUT2D eigenvalue weighted by Crippen LogP contribution is -2.13. The lowest BCUT2D eigenvalue weighted by atomic mass is 10.2. The number of anilines is 1. The van der Waals surface area contributed by atoms with Crippen molar-refractivity contribution < 1.29 is 13.9 Å². The second-order valence-electron chi connectivity index (χ2n) is 5.94. The maximum atomic E-state index is 12.4. The number of rotatable bonds is 6. The zero-order valence-electron chi connectivity index (χ0n) is 15.4. The van der Waals surface area contributed by atoms with Gasteiger partial charge in [0.05, 0.1) is 6.61 Å². The first-order valence-electron chi connectivity index (χ1n) is 8.71. The van der Waals surface area contributed by atoms with Crippen LogP contribution in [0.1, 0.15) is 12.7 Å². The SMILES string of the molecule is CCOc1ccc(NC(=O)C(C#N)=Cc2ccc(-c3cc(Cl)cc(Cl)c3)o2)cc1. The van der Waals surface area contributed by atoms with Crippen LogP contribution in [0.3, 0.4) is 0 Å². The molecule has 0 saturated heterocycles. The molecule has 29 heavy (non-hydrogen) atoms. The van der Waals surface area contributed by atoms with Crippen LogP contribution in [-0.2, 0) is 4.79 Å². The smallest absolute Gasteiger partial charge is 0.266 e. The zero-order valence-corrected chi connectivity index (χ0v) is 16.9. The molecule has 3 aromatic rings. The minimum absolute atomic E-state index is 0.0936. The van der Waals surface area contributed by atoms with E-state index in [-0.39, 0.29) is 5.57 Å². The highest BCUT2D eigenvalue weighted by Crippen LogP contribution is 2.29. The first-order chi connectivity index (χ1) is 14.0. The Morgan fingerprint density at radius 1 is 1.14 bits per heavy atom. The monoisotopic (exact) mass is 426 g/mol. The van der Waals surface area contributed by atoms with Crippen molar-refractivity contribution in [1.82, 2.24) is 0 Å². The van der Waals surface area contributed by atoms with Crippen molar-refractivity contribution in [3.63, 3.8) is 0 Å². The van der Waals surface area contributed by atoms with E-state index in [1.54, 1.807) is 54.6 Å². The van der Waals surface area contributed by atoms with Crippen LogP contribution in [0.4, 0.5) is 5.69 Å². The van der Waals surface area contributed by atoms with Gasteiger partial charge in [0.25, 0.3) is 5.91 Å². The Bertz CT molecular complexity index is 1080. The van der Waals surface area contributed by atoms with Crippen molar-refractivity contribution in [1.29, 1.82) is 5.26 Å². The van der Waals surface area contributed by atoms with Crippen LogP contribution in [0.5, 0.6) is 5.75 Å². The Morgan fingerprint density at radius 3 is 2.45 bits per heavy atom. The van der Waals surface area contributed by atoms with E-state index in [2.05, 4.69) is 5.32 Å². The third-order valence-corrected chi connectivity index (χ3v) is 4.29. The summed E-state index contributed by atoms with van der Waals surface area (Å²) in [5.41, 5.74) is 1.15. The van der Waals surface area contributed by atoms with Gasteiger partial charge in [0.1, 0.15) is 28.9 Å². The lowest BCUT2D eigenvalue weighted by molar-refractivity contribution is -0.112. The van der Waals surface area contributed by atoms with Gasteiger partial charge in [-0.05, 0) is 61.5 Å². The molecule has 0 saturated carbocycles. The van der Waals surface area contributed by atoms with Crippen molar-refractivity contribution in [2.75, 3.05) is 11.9 Å². The largest absolute Gasteiger partial charge is 0.494 e. The number of hydrogen-bond donors (Lipinski definition) is 1. The molecule has 7 heteroatoms. The van der Waals surface area contributed by atoms with Gasteiger partial charge in [0.2, 0.25) is 0 Å². The minimum Gasteiger partial charge on any atom is -0.494 e. The van der Waals surface area contributed by atoms with Gasteiger partial charge in [0.15, 0.2) is 0 Å². The summed E-state index contributed by atoms with van der Waals surface area (Å²) < 4.78 is 11.1. The second kappa shape index (κ2) is 9.33. The van der Waals surface area contributed by atoms with Gasteiger partial charge < -0.3 is 14.5 Å². The molecule has 3 rings (SSSR count). The van der Waals surface area contributed by atoms with E-state index in [1.807, 2.05) is 13.0 Å². The number of nitrogens with zero attached hydrogens (tertiary/aromatic N) is 1. The molecule has 0 unspecified atom stereocenters. The predicted molar refractivity (Wildman–Crippen MR) is 114 cm³/mol. The highest BCUT2D eigenvalue weighted by atomic mass is 35.5. The van der Waals surface area contributed by atoms with Gasteiger partial charge in [-0.15, -0.1) is 0 Å². The summed E-state index contributed by atoms with van der Waals surface area (Å²) in [4.78, 5) is 12.4. The number of benzene rings is 2. The van der Waals surface area contributed by atoms with E-state index in [1.165, 1.54) is 6.08 Å². The van der Waals surface area contributed by atoms with Crippen LogP contribution < -0.4 is 10.1 Å². The summed E-state index contributed by atoms with van der Waals surface area (Å²) in [7, 11) is 0. The summed E-state index contributed by atoms with van der Waals surface area (Å²) in [6.07, 6.45) is 1.37. The topological polar surface area (TPSA) is 75.3 Å². The number of ether oxygens (including phenoxy) is 1. The molecule has 0 radical (unpaired) electrons. The molecule has 0 spiro atoms. The van der Waals surface area contributed by atoms with Gasteiger partial charge in [-0.25, -0.2) is 0 Å². The molecule has 1 heterocycles. The number of nitriles is 1. The fourth-order valence-corrected chi connectivity index (χ4v) is 3.10. The highest BCUT2D eigenvalue weighted by Gasteiger charge is 2.12. The number of nitrogens with one attached hydrogen (secondary N) is 1. The molecule has 0 aliphatic heterocycles. The lowest BCUT2D eigenvalue weighted by Gasteiger charge is -2.06. The van der Waals surface area contributed by atoms with Crippen molar-refractivity contribution in [3.8, 4) is 23.1 Å². The second-order valence-corrected chi connectivity index (χ2v) is 6.81. The van der Waals surface area contributed by atoms with E-state index >= 15 is 0 Å². The first kappa shape index (κ1) is 20.5. The molecule has 5 nitrogen and oxygen atoms in total. The van der Waals surface area contributed by atoms with Crippen LogP contribution in [0.15, 0.2) is 64.6 Å². The van der Waals surface area contributed by atoms with E-state index in [0.717, 1.165) is 0 Å². The fraction of sp³-hybridized carbons (Fsp3) is 0.0909. The maximum absolute atomic E-state index is 12.4. The Hall–Kier alpha value is -3.20. The molecule has 1 aromatic heterocycles. The predicted octanol–water partition coefficient (Wildman–Crippen LogP) is 6.20. The van der Waals surface area contributed by atoms with Crippen molar-refractivity contribution in [2.45, 2.75) is 6.92 Å². The van der Waals surface area contributed by atoms with E-state index in [9.17, 15) is 10.1 Å². The van der Waals surface area contributed by atoms with Gasteiger partial charge in [-0.2, -0.15) is 5.26 Å². The number of halogens is 2. The average molecular weight is 427 g/mol. The number of carbonyl (C=O) groups is 1. The zero-order chi connectivity index (χ0) is 20.8. The van der Waals surface area contributed by atoms with Crippen LogP contribution in [0.2, 0.25) is 10.0 Å². The molecule has 0 aliphatic carbocycles. The quantitative estimate of drug-likeness (QED) is 0.376. The minimum atomic E-state index is -0.541. The number of amides is 1. The fourth-order valence-electron chi connectivity index (χ4n) is 2.57. The summed E-state index contributed by atoms with van der Waals surface area (Å²) in [5, 5.41) is 13.0. The van der Waals surface area contributed by atoms with Crippen molar-refractivity contribution in [2.24, 2.45) is 0 Å². The Balaban J connectivity index is 1.76. The Labute approximate surface area is 178 Å². The van der Waals surface area contributed by atoms with Crippen LogP contribution in [0.25, 0.3) is 17.4 Å². The molecule has 0 aliphatic rings. The molecule has 2 aromatic carbocycles. The summed E-state index contributed by atoms with van der Waals surface area (Å²) in [5.74, 6) is 1.03. The Kier molecular flexibility index (Phi) is 6.61. The third-order valence-electron chi connectivity index (χ3n) is 3.85. The van der Waals surface area contributed by atoms with Gasteiger partial charge in [-0.1, -0.05) is 23.2 Å². The highest BCUT2D eigenvalue weighted by molar-refractivity contribution is 6.35. The number of carbonyl (C=O) groups excluding carboxylic acids is 1.